The van der Waals surface area contributed by atoms with Gasteiger partial charge in [0.1, 0.15) is 11.6 Å². The predicted octanol–water partition coefficient (Wildman–Crippen LogP) is 2.99. The third-order valence-corrected chi connectivity index (χ3v) is 4.31. The molecule has 0 bridgehead atoms. The second kappa shape index (κ2) is 7.93. The molecule has 0 unspecified atom stereocenters. The van der Waals surface area contributed by atoms with Crippen molar-refractivity contribution in [3.05, 3.63) is 66.5 Å². The fourth-order valence-corrected chi connectivity index (χ4v) is 2.88. The first-order valence-electron chi connectivity index (χ1n) is 8.78. The van der Waals surface area contributed by atoms with Crippen molar-refractivity contribution in [1.29, 1.82) is 0 Å². The summed E-state index contributed by atoms with van der Waals surface area (Å²) in [6.07, 6.45) is 3.60. The van der Waals surface area contributed by atoms with Crippen molar-refractivity contribution in [3.63, 3.8) is 0 Å². The Kier molecular flexibility index (Phi) is 5.02. The van der Waals surface area contributed by atoms with Gasteiger partial charge in [0.25, 0.3) is 0 Å². The number of benzene rings is 1. The van der Waals surface area contributed by atoms with Gasteiger partial charge in [-0.25, -0.2) is 15.0 Å². The number of hydrogen-bond acceptors (Lipinski definition) is 6. The van der Waals surface area contributed by atoms with E-state index < -0.39 is 0 Å². The van der Waals surface area contributed by atoms with Gasteiger partial charge in [-0.05, 0) is 23.8 Å². The molecule has 0 atom stereocenters. The minimum atomic E-state index is 0.670. The SMILES string of the molecule is c1ccc(CNc2ccnc(-c3ccc(N4CCOCC4)nc3)n2)cc1. The highest BCUT2D eigenvalue weighted by molar-refractivity contribution is 5.58. The lowest BCUT2D eigenvalue weighted by molar-refractivity contribution is 0.122. The van der Waals surface area contributed by atoms with Crippen molar-refractivity contribution in [1.82, 2.24) is 15.0 Å². The van der Waals surface area contributed by atoms with Crippen LogP contribution in [0.15, 0.2) is 60.9 Å². The summed E-state index contributed by atoms with van der Waals surface area (Å²) < 4.78 is 5.39. The molecule has 132 valence electrons. The number of hydrogen-bond donors (Lipinski definition) is 1. The Hall–Kier alpha value is -2.99. The number of rotatable bonds is 5. The minimum Gasteiger partial charge on any atom is -0.378 e. The van der Waals surface area contributed by atoms with Gasteiger partial charge in [-0.15, -0.1) is 0 Å². The van der Waals surface area contributed by atoms with Gasteiger partial charge in [0, 0.05) is 37.6 Å². The van der Waals surface area contributed by atoms with Gasteiger partial charge in [0.2, 0.25) is 0 Å². The Morgan fingerprint density at radius 3 is 2.58 bits per heavy atom. The highest BCUT2D eigenvalue weighted by Crippen LogP contribution is 2.19. The summed E-state index contributed by atoms with van der Waals surface area (Å²) in [5.41, 5.74) is 2.12. The van der Waals surface area contributed by atoms with E-state index in [0.717, 1.165) is 50.0 Å². The Morgan fingerprint density at radius 1 is 0.962 bits per heavy atom. The molecule has 1 fully saturated rings. The topological polar surface area (TPSA) is 63.2 Å². The average molecular weight is 347 g/mol. The molecule has 6 nitrogen and oxygen atoms in total. The summed E-state index contributed by atoms with van der Waals surface area (Å²) in [5, 5.41) is 3.34. The molecular weight excluding hydrogens is 326 g/mol. The van der Waals surface area contributed by atoms with Gasteiger partial charge in [0.15, 0.2) is 5.82 Å². The van der Waals surface area contributed by atoms with Crippen molar-refractivity contribution in [2.24, 2.45) is 0 Å². The molecule has 3 heterocycles. The lowest BCUT2D eigenvalue weighted by atomic mass is 10.2. The van der Waals surface area contributed by atoms with Crippen LogP contribution in [0.3, 0.4) is 0 Å². The van der Waals surface area contributed by atoms with E-state index in [4.69, 9.17) is 4.74 Å². The molecular formula is C20H21N5O. The summed E-state index contributed by atoms with van der Waals surface area (Å²) >= 11 is 0. The lowest BCUT2D eigenvalue weighted by Gasteiger charge is -2.27. The van der Waals surface area contributed by atoms with E-state index in [2.05, 4.69) is 37.3 Å². The van der Waals surface area contributed by atoms with Gasteiger partial charge in [0.05, 0.1) is 13.2 Å². The van der Waals surface area contributed by atoms with Crippen LogP contribution in [0.5, 0.6) is 0 Å². The van der Waals surface area contributed by atoms with Crippen LogP contribution in [-0.2, 0) is 11.3 Å². The van der Waals surface area contributed by atoms with E-state index in [1.165, 1.54) is 5.56 Å². The molecule has 0 amide bonds. The summed E-state index contributed by atoms with van der Waals surface area (Å²) in [4.78, 5) is 15.8. The zero-order valence-corrected chi connectivity index (χ0v) is 14.5. The molecule has 6 heteroatoms. The van der Waals surface area contributed by atoms with E-state index in [1.54, 1.807) is 6.20 Å². The zero-order valence-electron chi connectivity index (χ0n) is 14.5. The molecule has 1 aliphatic rings. The Balaban J connectivity index is 1.45. The monoisotopic (exact) mass is 347 g/mol. The molecule has 0 saturated carbocycles. The molecule has 2 aromatic heterocycles. The van der Waals surface area contributed by atoms with Crippen LogP contribution < -0.4 is 10.2 Å². The van der Waals surface area contributed by atoms with Gasteiger partial charge < -0.3 is 15.0 Å². The molecule has 0 radical (unpaired) electrons. The zero-order chi connectivity index (χ0) is 17.6. The smallest absolute Gasteiger partial charge is 0.163 e. The molecule has 1 saturated heterocycles. The maximum Gasteiger partial charge on any atom is 0.163 e. The molecule has 26 heavy (non-hydrogen) atoms. The highest BCUT2D eigenvalue weighted by atomic mass is 16.5. The van der Waals surface area contributed by atoms with Crippen molar-refractivity contribution >= 4 is 11.6 Å². The molecule has 1 aromatic carbocycles. The lowest BCUT2D eigenvalue weighted by Crippen LogP contribution is -2.36. The van der Waals surface area contributed by atoms with Gasteiger partial charge in [-0.1, -0.05) is 30.3 Å². The van der Waals surface area contributed by atoms with Crippen molar-refractivity contribution < 1.29 is 4.74 Å². The fraction of sp³-hybridized carbons (Fsp3) is 0.250. The number of pyridine rings is 1. The summed E-state index contributed by atoms with van der Waals surface area (Å²) in [6.45, 7) is 3.98. The number of ether oxygens (including phenoxy) is 1. The van der Waals surface area contributed by atoms with Crippen LogP contribution >= 0.6 is 0 Å². The second-order valence-corrected chi connectivity index (χ2v) is 6.11. The highest BCUT2D eigenvalue weighted by Gasteiger charge is 2.12. The van der Waals surface area contributed by atoms with Crippen LogP contribution in [0, 0.1) is 0 Å². The standard InChI is InChI=1S/C20H21N5O/c1-2-4-16(5-3-1)14-22-18-8-9-21-20(24-18)17-6-7-19(23-15-17)25-10-12-26-13-11-25/h1-9,15H,10-14H2,(H,21,22,24). The second-order valence-electron chi connectivity index (χ2n) is 6.11. The largest absolute Gasteiger partial charge is 0.378 e. The van der Waals surface area contributed by atoms with Crippen molar-refractivity contribution in [2.75, 3.05) is 36.5 Å². The first-order chi connectivity index (χ1) is 12.9. The maximum absolute atomic E-state index is 5.39. The van der Waals surface area contributed by atoms with E-state index in [-0.39, 0.29) is 0 Å². The molecule has 0 spiro atoms. The van der Waals surface area contributed by atoms with Crippen LogP contribution in [0.1, 0.15) is 5.56 Å². The predicted molar refractivity (Wildman–Crippen MR) is 102 cm³/mol. The number of nitrogens with zero attached hydrogens (tertiary/aromatic N) is 4. The van der Waals surface area contributed by atoms with E-state index in [1.807, 2.05) is 42.6 Å². The van der Waals surface area contributed by atoms with Crippen LogP contribution in [0.2, 0.25) is 0 Å². The van der Waals surface area contributed by atoms with Gasteiger partial charge in [-0.2, -0.15) is 0 Å². The van der Waals surface area contributed by atoms with Gasteiger partial charge >= 0.3 is 0 Å². The maximum atomic E-state index is 5.39. The quantitative estimate of drug-likeness (QED) is 0.765. The molecule has 1 N–H and O–H groups in total. The average Bonchev–Trinajstić information content (AvgIpc) is 2.74. The van der Waals surface area contributed by atoms with Crippen molar-refractivity contribution in [3.8, 4) is 11.4 Å². The number of morpholine rings is 1. The van der Waals surface area contributed by atoms with Crippen LogP contribution in [0.4, 0.5) is 11.6 Å². The molecule has 0 aliphatic carbocycles. The summed E-state index contributed by atoms with van der Waals surface area (Å²) in [5.74, 6) is 2.44. The van der Waals surface area contributed by atoms with Crippen molar-refractivity contribution in [2.45, 2.75) is 6.54 Å². The Morgan fingerprint density at radius 2 is 1.81 bits per heavy atom. The molecule has 1 aliphatic heterocycles. The van der Waals surface area contributed by atoms with E-state index in [9.17, 15) is 0 Å². The molecule has 4 rings (SSSR count). The van der Waals surface area contributed by atoms with Gasteiger partial charge in [-0.3, -0.25) is 0 Å². The third kappa shape index (κ3) is 3.97. The number of nitrogens with one attached hydrogen (secondary N) is 1. The normalized spacial score (nSPS) is 14.2. The summed E-state index contributed by atoms with van der Waals surface area (Å²) in [7, 11) is 0. The fourth-order valence-electron chi connectivity index (χ4n) is 2.88. The number of anilines is 2. The number of aromatic nitrogens is 3. The Bertz CT molecular complexity index is 832. The Labute approximate surface area is 152 Å². The first-order valence-corrected chi connectivity index (χ1v) is 8.78. The van der Waals surface area contributed by atoms with E-state index >= 15 is 0 Å². The van der Waals surface area contributed by atoms with Crippen LogP contribution in [-0.4, -0.2) is 41.3 Å². The van der Waals surface area contributed by atoms with Crippen LogP contribution in [0.25, 0.3) is 11.4 Å². The third-order valence-electron chi connectivity index (χ3n) is 4.31. The summed E-state index contributed by atoms with van der Waals surface area (Å²) in [6, 6.07) is 16.2. The molecule has 3 aromatic rings. The van der Waals surface area contributed by atoms with E-state index in [0.29, 0.717) is 5.82 Å². The minimum absolute atomic E-state index is 0.670. The first kappa shape index (κ1) is 16.5.